The molecule has 0 aliphatic carbocycles. The highest BCUT2D eigenvalue weighted by Crippen LogP contribution is 2.16. The normalized spacial score (nSPS) is 10.3. The summed E-state index contributed by atoms with van der Waals surface area (Å²) in [6.45, 7) is -0.333. The van der Waals surface area contributed by atoms with E-state index in [0.29, 0.717) is 10.6 Å². The minimum Gasteiger partial charge on any atom is -0.329 e. The molecule has 3 N–H and O–H groups in total. The molecule has 3 amide bonds. The molecule has 0 bridgehead atoms. The van der Waals surface area contributed by atoms with E-state index in [1.807, 2.05) is 0 Å². The number of urea groups is 1. The molecule has 0 unspecified atom stereocenters. The van der Waals surface area contributed by atoms with Gasteiger partial charge in [0.25, 0.3) is 11.6 Å². The van der Waals surface area contributed by atoms with Crippen LogP contribution in [-0.2, 0) is 4.79 Å². The first kappa shape index (κ1) is 18.9. The summed E-state index contributed by atoms with van der Waals surface area (Å²) in [7, 11) is 0. The van der Waals surface area contributed by atoms with Gasteiger partial charge in [-0.3, -0.25) is 14.9 Å². The molecule has 0 saturated heterocycles. The Bertz CT molecular complexity index is 856. The van der Waals surface area contributed by atoms with Gasteiger partial charge >= 0.3 is 6.03 Å². The van der Waals surface area contributed by atoms with Crippen LogP contribution in [0.3, 0.4) is 0 Å². The summed E-state index contributed by atoms with van der Waals surface area (Å²) in [5.74, 6) is -0.553. The van der Waals surface area contributed by atoms with Crippen molar-refractivity contribution in [3.8, 4) is 0 Å². The average molecular weight is 376 g/mol. The molecule has 2 aromatic rings. The van der Waals surface area contributed by atoms with Crippen molar-refractivity contribution in [2.45, 2.75) is 0 Å². The van der Waals surface area contributed by atoms with Gasteiger partial charge in [0, 0.05) is 28.4 Å². The van der Waals surface area contributed by atoms with E-state index in [2.05, 4.69) is 21.2 Å². The number of amides is 3. The number of halogens is 1. The van der Waals surface area contributed by atoms with Crippen LogP contribution in [0.15, 0.2) is 53.6 Å². The number of nitro benzene ring substituents is 1. The Labute approximate surface area is 153 Å². The lowest BCUT2D eigenvalue weighted by atomic mass is 10.2. The van der Waals surface area contributed by atoms with Crippen molar-refractivity contribution >= 4 is 41.1 Å². The summed E-state index contributed by atoms with van der Waals surface area (Å²) in [6, 6.07) is 11.7. The zero-order chi connectivity index (χ0) is 18.9. The Hall–Kier alpha value is -3.46. The van der Waals surface area contributed by atoms with E-state index in [1.54, 1.807) is 24.3 Å². The third kappa shape index (κ3) is 5.87. The molecule has 0 saturated carbocycles. The van der Waals surface area contributed by atoms with Gasteiger partial charge in [-0.25, -0.2) is 10.2 Å². The van der Waals surface area contributed by atoms with Crippen molar-refractivity contribution in [1.82, 2.24) is 10.7 Å². The number of nitro groups is 1. The first-order valence-corrected chi connectivity index (χ1v) is 7.69. The van der Waals surface area contributed by atoms with Crippen LogP contribution in [0.25, 0.3) is 0 Å². The van der Waals surface area contributed by atoms with Crippen molar-refractivity contribution in [3.05, 3.63) is 69.2 Å². The van der Waals surface area contributed by atoms with Crippen molar-refractivity contribution < 1.29 is 14.5 Å². The van der Waals surface area contributed by atoms with E-state index in [9.17, 15) is 19.7 Å². The van der Waals surface area contributed by atoms with Crippen LogP contribution in [0.5, 0.6) is 0 Å². The van der Waals surface area contributed by atoms with Crippen LogP contribution in [-0.4, -0.2) is 29.6 Å². The molecule has 2 aromatic carbocycles. The molecule has 0 heterocycles. The number of benzene rings is 2. The Morgan fingerprint density at radius 2 is 1.96 bits per heavy atom. The van der Waals surface area contributed by atoms with E-state index < -0.39 is 16.9 Å². The molecule has 0 spiro atoms. The molecule has 0 aliphatic heterocycles. The summed E-state index contributed by atoms with van der Waals surface area (Å²) >= 11 is 5.94. The van der Waals surface area contributed by atoms with Gasteiger partial charge < -0.3 is 10.6 Å². The quantitative estimate of drug-likeness (QED) is 0.407. The zero-order valence-corrected chi connectivity index (χ0v) is 14.1. The molecule has 0 fully saturated rings. The molecule has 0 aliphatic rings. The fourth-order valence-corrected chi connectivity index (χ4v) is 2.01. The SMILES string of the molecule is O=C(CNC(=O)Nc1cccc([N+](=O)[O-])c1)NN=Cc1ccccc1Cl. The number of nitrogens with zero attached hydrogens (tertiary/aromatic N) is 2. The number of anilines is 1. The van der Waals surface area contributed by atoms with Crippen molar-refractivity contribution in [2.75, 3.05) is 11.9 Å². The predicted octanol–water partition coefficient (Wildman–Crippen LogP) is 2.52. The highest BCUT2D eigenvalue weighted by Gasteiger charge is 2.09. The van der Waals surface area contributed by atoms with Gasteiger partial charge in [0.2, 0.25) is 0 Å². The standard InChI is InChI=1S/C16H14ClN5O4/c17-14-7-2-1-4-11(14)9-19-21-15(23)10-18-16(24)20-12-5-3-6-13(8-12)22(25)26/h1-9H,10H2,(H,21,23)(H2,18,20,24). The number of nitrogens with one attached hydrogen (secondary N) is 3. The van der Waals surface area contributed by atoms with Crippen LogP contribution < -0.4 is 16.1 Å². The minimum absolute atomic E-state index is 0.158. The second-order valence-corrected chi connectivity index (χ2v) is 5.34. The van der Waals surface area contributed by atoms with Gasteiger partial charge in [-0.15, -0.1) is 0 Å². The van der Waals surface area contributed by atoms with E-state index >= 15 is 0 Å². The number of rotatable bonds is 6. The number of carbonyl (C=O) groups is 2. The molecule has 10 heteroatoms. The van der Waals surface area contributed by atoms with Crippen LogP contribution in [0.2, 0.25) is 5.02 Å². The van der Waals surface area contributed by atoms with Gasteiger partial charge in [-0.05, 0) is 12.1 Å². The Morgan fingerprint density at radius 3 is 2.69 bits per heavy atom. The first-order chi connectivity index (χ1) is 12.5. The molecule has 0 aromatic heterocycles. The number of hydrogen-bond acceptors (Lipinski definition) is 5. The molecule has 26 heavy (non-hydrogen) atoms. The van der Waals surface area contributed by atoms with Crippen LogP contribution >= 0.6 is 11.6 Å². The predicted molar refractivity (Wildman–Crippen MR) is 97.3 cm³/mol. The maximum atomic E-state index is 11.7. The Balaban J connectivity index is 1.78. The summed E-state index contributed by atoms with van der Waals surface area (Å²) in [5.41, 5.74) is 2.94. The molecule has 9 nitrogen and oxygen atoms in total. The summed E-state index contributed by atoms with van der Waals surface area (Å²) in [5, 5.41) is 19.6. The fraction of sp³-hybridized carbons (Fsp3) is 0.0625. The van der Waals surface area contributed by atoms with Crippen LogP contribution in [0.4, 0.5) is 16.2 Å². The lowest BCUT2D eigenvalue weighted by Crippen LogP contribution is -2.37. The topological polar surface area (TPSA) is 126 Å². The second-order valence-electron chi connectivity index (χ2n) is 4.93. The summed E-state index contributed by atoms with van der Waals surface area (Å²) < 4.78 is 0. The summed E-state index contributed by atoms with van der Waals surface area (Å²) in [4.78, 5) is 33.4. The third-order valence-corrected chi connectivity index (χ3v) is 3.37. The van der Waals surface area contributed by atoms with E-state index in [4.69, 9.17) is 11.6 Å². The molecular formula is C16H14ClN5O4. The van der Waals surface area contributed by atoms with Gasteiger partial charge in [-0.2, -0.15) is 5.10 Å². The van der Waals surface area contributed by atoms with E-state index in [1.165, 1.54) is 30.5 Å². The zero-order valence-electron chi connectivity index (χ0n) is 13.3. The monoisotopic (exact) mass is 375 g/mol. The maximum Gasteiger partial charge on any atom is 0.319 e. The van der Waals surface area contributed by atoms with Gasteiger partial charge in [0.05, 0.1) is 11.1 Å². The maximum absolute atomic E-state index is 11.7. The van der Waals surface area contributed by atoms with Gasteiger partial charge in [0.1, 0.15) is 6.54 Å². The smallest absolute Gasteiger partial charge is 0.319 e. The van der Waals surface area contributed by atoms with E-state index in [-0.39, 0.29) is 17.9 Å². The Kier molecular flexibility index (Phi) is 6.63. The Morgan fingerprint density at radius 1 is 1.19 bits per heavy atom. The average Bonchev–Trinajstić information content (AvgIpc) is 2.62. The van der Waals surface area contributed by atoms with Crippen molar-refractivity contribution in [2.24, 2.45) is 5.10 Å². The molecular weight excluding hydrogens is 362 g/mol. The number of non-ortho nitro benzene ring substituents is 1. The number of hydrazone groups is 1. The highest BCUT2D eigenvalue weighted by molar-refractivity contribution is 6.33. The molecule has 0 radical (unpaired) electrons. The minimum atomic E-state index is -0.685. The lowest BCUT2D eigenvalue weighted by molar-refractivity contribution is -0.384. The second kappa shape index (κ2) is 9.14. The van der Waals surface area contributed by atoms with E-state index in [0.717, 1.165) is 0 Å². The van der Waals surface area contributed by atoms with Crippen molar-refractivity contribution in [1.29, 1.82) is 0 Å². The summed E-state index contributed by atoms with van der Waals surface area (Å²) in [6.07, 6.45) is 1.38. The lowest BCUT2D eigenvalue weighted by Gasteiger charge is -2.06. The largest absolute Gasteiger partial charge is 0.329 e. The van der Waals surface area contributed by atoms with Gasteiger partial charge in [-0.1, -0.05) is 35.9 Å². The number of hydrogen-bond donors (Lipinski definition) is 3. The van der Waals surface area contributed by atoms with Crippen LogP contribution in [0.1, 0.15) is 5.56 Å². The highest BCUT2D eigenvalue weighted by atomic mass is 35.5. The van der Waals surface area contributed by atoms with Crippen LogP contribution in [0, 0.1) is 10.1 Å². The first-order valence-electron chi connectivity index (χ1n) is 7.31. The molecule has 2 rings (SSSR count). The number of carbonyl (C=O) groups excluding carboxylic acids is 2. The van der Waals surface area contributed by atoms with Crippen molar-refractivity contribution in [3.63, 3.8) is 0 Å². The third-order valence-electron chi connectivity index (χ3n) is 3.02. The van der Waals surface area contributed by atoms with Gasteiger partial charge in [0.15, 0.2) is 0 Å². The fourth-order valence-electron chi connectivity index (χ4n) is 1.83. The molecule has 0 atom stereocenters. The molecule has 134 valence electrons.